The third kappa shape index (κ3) is 2.18. The molecular weight excluding hydrogens is 252 g/mol. The van der Waals surface area contributed by atoms with Gasteiger partial charge in [-0.05, 0) is 44.4 Å². The van der Waals surface area contributed by atoms with Crippen LogP contribution in [-0.4, -0.2) is 32.1 Å². The third-order valence-corrected chi connectivity index (χ3v) is 4.51. The van der Waals surface area contributed by atoms with Gasteiger partial charge in [-0.3, -0.25) is 4.79 Å². The molecule has 0 aromatic heterocycles. The third-order valence-electron chi connectivity index (χ3n) is 4.51. The second kappa shape index (κ2) is 5.44. The summed E-state index contributed by atoms with van der Waals surface area (Å²) in [5.74, 6) is 1.15. The van der Waals surface area contributed by atoms with Crippen molar-refractivity contribution < 1.29 is 9.53 Å². The molecule has 0 radical (unpaired) electrons. The highest BCUT2D eigenvalue weighted by atomic mass is 16.5. The van der Waals surface area contributed by atoms with Gasteiger partial charge < -0.3 is 15.0 Å². The molecule has 4 nitrogen and oxygen atoms in total. The molecule has 1 aromatic rings. The Balaban J connectivity index is 1.95. The molecule has 2 unspecified atom stereocenters. The van der Waals surface area contributed by atoms with Crippen LogP contribution in [0.4, 0.5) is 5.69 Å². The summed E-state index contributed by atoms with van der Waals surface area (Å²) in [7, 11) is 1.67. The molecule has 2 aliphatic heterocycles. The van der Waals surface area contributed by atoms with E-state index >= 15 is 0 Å². The van der Waals surface area contributed by atoms with Gasteiger partial charge in [-0.2, -0.15) is 0 Å². The Morgan fingerprint density at radius 2 is 2.30 bits per heavy atom. The fourth-order valence-corrected chi connectivity index (χ4v) is 3.40. The minimum Gasteiger partial charge on any atom is -0.495 e. The van der Waals surface area contributed by atoms with Crippen molar-refractivity contribution in [2.45, 2.75) is 32.2 Å². The maximum Gasteiger partial charge on any atom is 0.231 e. The van der Waals surface area contributed by atoms with E-state index in [0.717, 1.165) is 43.8 Å². The molecule has 1 fully saturated rings. The number of benzene rings is 1. The maximum absolute atomic E-state index is 12.9. The first-order valence-electron chi connectivity index (χ1n) is 7.43. The monoisotopic (exact) mass is 274 g/mol. The van der Waals surface area contributed by atoms with Crippen molar-refractivity contribution >= 4 is 11.6 Å². The van der Waals surface area contributed by atoms with Crippen LogP contribution >= 0.6 is 0 Å². The molecule has 3 rings (SSSR count). The van der Waals surface area contributed by atoms with Crippen molar-refractivity contribution in [1.29, 1.82) is 0 Å². The van der Waals surface area contributed by atoms with Gasteiger partial charge in [0.1, 0.15) is 5.75 Å². The highest BCUT2D eigenvalue weighted by molar-refractivity contribution is 5.98. The number of rotatable bonds is 2. The van der Waals surface area contributed by atoms with Gasteiger partial charge in [-0.15, -0.1) is 0 Å². The van der Waals surface area contributed by atoms with Gasteiger partial charge in [0, 0.05) is 12.6 Å². The molecule has 0 aliphatic carbocycles. The Morgan fingerprint density at radius 3 is 3.00 bits per heavy atom. The number of anilines is 1. The Labute approximate surface area is 120 Å². The Kier molecular flexibility index (Phi) is 3.66. The van der Waals surface area contributed by atoms with E-state index in [4.69, 9.17) is 4.74 Å². The lowest BCUT2D eigenvalue weighted by Gasteiger charge is -2.33. The summed E-state index contributed by atoms with van der Waals surface area (Å²) < 4.78 is 5.47. The van der Waals surface area contributed by atoms with Crippen LogP contribution in [0.25, 0.3) is 0 Å². The van der Waals surface area contributed by atoms with Crippen LogP contribution in [0.5, 0.6) is 5.75 Å². The van der Waals surface area contributed by atoms with Crippen LogP contribution < -0.4 is 15.0 Å². The normalized spacial score (nSPS) is 25.4. The van der Waals surface area contributed by atoms with Gasteiger partial charge >= 0.3 is 0 Å². The van der Waals surface area contributed by atoms with Crippen LogP contribution in [0.2, 0.25) is 0 Å². The molecule has 0 bridgehead atoms. The molecule has 20 heavy (non-hydrogen) atoms. The fourth-order valence-electron chi connectivity index (χ4n) is 3.40. The number of hydrogen-bond acceptors (Lipinski definition) is 3. The summed E-state index contributed by atoms with van der Waals surface area (Å²) in [6.45, 7) is 3.84. The number of aryl methyl sites for hydroxylation is 1. The van der Waals surface area contributed by atoms with E-state index in [1.807, 2.05) is 17.0 Å². The first-order chi connectivity index (χ1) is 9.72. The summed E-state index contributed by atoms with van der Waals surface area (Å²) >= 11 is 0. The highest BCUT2D eigenvalue weighted by Gasteiger charge is 2.35. The van der Waals surface area contributed by atoms with Crippen LogP contribution in [0, 0.1) is 5.92 Å². The van der Waals surface area contributed by atoms with Crippen LogP contribution in [-0.2, 0) is 11.2 Å². The van der Waals surface area contributed by atoms with Crippen LogP contribution in [0.1, 0.15) is 25.3 Å². The number of fused-ring (bicyclic) bond motifs is 1. The van der Waals surface area contributed by atoms with Crippen molar-refractivity contribution in [2.75, 3.05) is 25.1 Å². The van der Waals surface area contributed by atoms with E-state index in [-0.39, 0.29) is 17.9 Å². The number of carbonyl (C=O) groups excluding carboxylic acids is 1. The van der Waals surface area contributed by atoms with Crippen molar-refractivity contribution in [2.24, 2.45) is 5.92 Å². The van der Waals surface area contributed by atoms with Crippen molar-refractivity contribution in [3.63, 3.8) is 0 Å². The lowest BCUT2D eigenvalue weighted by Crippen LogP contribution is -2.43. The number of para-hydroxylation sites is 1. The minimum absolute atomic E-state index is 0.0888. The van der Waals surface area contributed by atoms with Crippen LogP contribution in [0.3, 0.4) is 0 Å². The van der Waals surface area contributed by atoms with Crippen molar-refractivity contribution in [3.8, 4) is 5.75 Å². The van der Waals surface area contributed by atoms with Crippen LogP contribution in [0.15, 0.2) is 18.2 Å². The number of methoxy groups -OCH3 is 1. The topological polar surface area (TPSA) is 41.6 Å². The molecule has 1 amide bonds. The quantitative estimate of drug-likeness (QED) is 0.896. The van der Waals surface area contributed by atoms with Crippen molar-refractivity contribution in [1.82, 2.24) is 5.32 Å². The average Bonchev–Trinajstić information content (AvgIpc) is 2.91. The molecule has 2 atom stereocenters. The van der Waals surface area contributed by atoms with Gasteiger partial charge in [-0.1, -0.05) is 12.1 Å². The number of nitrogens with zero attached hydrogens (tertiary/aromatic N) is 1. The van der Waals surface area contributed by atoms with E-state index in [2.05, 4.69) is 18.3 Å². The Hall–Kier alpha value is -1.55. The zero-order valence-electron chi connectivity index (χ0n) is 12.2. The molecule has 2 heterocycles. The standard InChI is InChI=1S/C16H22N2O2/c1-11-13(8-9-17-11)16(19)18-10-4-6-12-5-3-7-14(20-2)15(12)18/h3,5,7,11,13,17H,4,6,8-10H2,1-2H3. The minimum atomic E-state index is 0.0888. The van der Waals surface area contributed by atoms with E-state index in [9.17, 15) is 4.79 Å². The summed E-state index contributed by atoms with van der Waals surface area (Å²) in [5, 5.41) is 3.36. The predicted molar refractivity (Wildman–Crippen MR) is 79.2 cm³/mol. The smallest absolute Gasteiger partial charge is 0.231 e. The fraction of sp³-hybridized carbons (Fsp3) is 0.562. The van der Waals surface area contributed by atoms with Gasteiger partial charge in [0.15, 0.2) is 0 Å². The lowest BCUT2D eigenvalue weighted by atomic mass is 9.96. The first kappa shape index (κ1) is 13.4. The summed E-state index contributed by atoms with van der Waals surface area (Å²) in [5.41, 5.74) is 2.22. The van der Waals surface area contributed by atoms with E-state index < -0.39 is 0 Å². The molecule has 0 spiro atoms. The molecule has 1 N–H and O–H groups in total. The van der Waals surface area contributed by atoms with Crippen molar-refractivity contribution in [3.05, 3.63) is 23.8 Å². The summed E-state index contributed by atoms with van der Waals surface area (Å²) in [4.78, 5) is 14.8. The molecular formula is C16H22N2O2. The van der Waals surface area contributed by atoms with Gasteiger partial charge in [0.2, 0.25) is 5.91 Å². The maximum atomic E-state index is 12.9. The van der Waals surface area contributed by atoms with E-state index in [1.54, 1.807) is 7.11 Å². The second-order valence-electron chi connectivity index (χ2n) is 5.70. The predicted octanol–water partition coefficient (Wildman–Crippen LogP) is 1.97. The molecule has 2 aliphatic rings. The molecule has 108 valence electrons. The average molecular weight is 274 g/mol. The number of nitrogens with one attached hydrogen (secondary N) is 1. The lowest BCUT2D eigenvalue weighted by molar-refractivity contribution is -0.122. The highest BCUT2D eigenvalue weighted by Crippen LogP contribution is 2.37. The SMILES string of the molecule is COc1cccc2c1N(C(=O)C1CCNC1C)CCC2. The Morgan fingerprint density at radius 1 is 1.45 bits per heavy atom. The number of amides is 1. The van der Waals surface area contributed by atoms with E-state index in [1.165, 1.54) is 5.56 Å². The number of hydrogen-bond donors (Lipinski definition) is 1. The molecule has 4 heteroatoms. The first-order valence-corrected chi connectivity index (χ1v) is 7.43. The second-order valence-corrected chi connectivity index (χ2v) is 5.70. The zero-order chi connectivity index (χ0) is 14.1. The Bertz CT molecular complexity index is 501. The molecule has 1 aromatic carbocycles. The number of ether oxygens (including phenoxy) is 1. The zero-order valence-corrected chi connectivity index (χ0v) is 12.2. The summed E-state index contributed by atoms with van der Waals surface area (Å²) in [6, 6.07) is 6.32. The molecule has 1 saturated heterocycles. The number of carbonyl (C=O) groups is 1. The largest absolute Gasteiger partial charge is 0.495 e. The van der Waals surface area contributed by atoms with Gasteiger partial charge in [0.25, 0.3) is 0 Å². The molecule has 0 saturated carbocycles. The summed E-state index contributed by atoms with van der Waals surface area (Å²) in [6.07, 6.45) is 2.98. The van der Waals surface area contributed by atoms with Gasteiger partial charge in [0.05, 0.1) is 18.7 Å². The van der Waals surface area contributed by atoms with Gasteiger partial charge in [-0.25, -0.2) is 0 Å². The van der Waals surface area contributed by atoms with E-state index in [0.29, 0.717) is 0 Å².